The topological polar surface area (TPSA) is 78.8 Å². The van der Waals surface area contributed by atoms with E-state index in [1.54, 1.807) is 24.3 Å². The molecule has 0 spiro atoms. The van der Waals surface area contributed by atoms with Gasteiger partial charge in [0.15, 0.2) is 0 Å². The van der Waals surface area contributed by atoms with E-state index in [-0.39, 0.29) is 12.5 Å². The quantitative estimate of drug-likeness (QED) is 0.465. The van der Waals surface area contributed by atoms with Crippen LogP contribution in [0.2, 0.25) is 0 Å². The van der Waals surface area contributed by atoms with Gasteiger partial charge < -0.3 is 0 Å². The number of hydrogen-bond acceptors (Lipinski definition) is 4. The molecule has 0 saturated heterocycles. The van der Waals surface area contributed by atoms with Crippen molar-refractivity contribution in [3.8, 4) is 0 Å². The summed E-state index contributed by atoms with van der Waals surface area (Å²) in [5.74, 6) is -0.370. The van der Waals surface area contributed by atoms with Crippen molar-refractivity contribution in [3.05, 3.63) is 102 Å². The molecule has 0 saturated carbocycles. The Labute approximate surface area is 176 Å². The van der Waals surface area contributed by atoms with Crippen LogP contribution in [-0.2, 0) is 16.6 Å². The molecule has 0 atom stereocenters. The first-order valence-electron chi connectivity index (χ1n) is 9.36. The molecule has 0 aliphatic heterocycles. The molecule has 0 fully saturated rings. The Morgan fingerprint density at radius 1 is 0.867 bits per heavy atom. The SMILES string of the molecule is CC(=NNC(=O)c1ccc(N(Cc2ccccc2)S(C)(=O)=O)cc1)c1ccccc1. The predicted molar refractivity (Wildman–Crippen MR) is 120 cm³/mol. The lowest BCUT2D eigenvalue weighted by atomic mass is 10.1. The van der Waals surface area contributed by atoms with Gasteiger partial charge in [0, 0.05) is 5.56 Å². The largest absolute Gasteiger partial charge is 0.271 e. The summed E-state index contributed by atoms with van der Waals surface area (Å²) in [6.45, 7) is 2.03. The van der Waals surface area contributed by atoms with Gasteiger partial charge in [-0.15, -0.1) is 0 Å². The van der Waals surface area contributed by atoms with Crippen molar-refractivity contribution in [2.24, 2.45) is 5.10 Å². The molecule has 1 N–H and O–H groups in total. The van der Waals surface area contributed by atoms with Crippen molar-refractivity contribution < 1.29 is 13.2 Å². The average molecular weight is 422 g/mol. The first-order chi connectivity index (χ1) is 14.3. The lowest BCUT2D eigenvalue weighted by Gasteiger charge is -2.22. The van der Waals surface area contributed by atoms with E-state index in [9.17, 15) is 13.2 Å². The average Bonchev–Trinajstić information content (AvgIpc) is 2.76. The Kier molecular flexibility index (Phi) is 6.64. The van der Waals surface area contributed by atoms with E-state index in [0.717, 1.165) is 17.4 Å². The van der Waals surface area contributed by atoms with Crippen LogP contribution >= 0.6 is 0 Å². The van der Waals surface area contributed by atoms with E-state index in [2.05, 4.69) is 10.5 Å². The number of carbonyl (C=O) groups is 1. The molecule has 0 aliphatic carbocycles. The number of carbonyl (C=O) groups excluding carboxylic acids is 1. The summed E-state index contributed by atoms with van der Waals surface area (Å²) in [6.07, 6.45) is 1.16. The van der Waals surface area contributed by atoms with Crippen LogP contribution in [0, 0.1) is 0 Å². The molecule has 3 aromatic rings. The smallest absolute Gasteiger partial charge is 0.267 e. The van der Waals surface area contributed by atoms with Gasteiger partial charge in [0.25, 0.3) is 5.91 Å². The monoisotopic (exact) mass is 421 g/mol. The zero-order valence-corrected chi connectivity index (χ0v) is 17.6. The van der Waals surface area contributed by atoms with Crippen LogP contribution in [0.4, 0.5) is 5.69 Å². The summed E-state index contributed by atoms with van der Waals surface area (Å²) in [6, 6.07) is 25.3. The van der Waals surface area contributed by atoms with Gasteiger partial charge in [0.2, 0.25) is 10.0 Å². The molecular weight excluding hydrogens is 398 g/mol. The van der Waals surface area contributed by atoms with Crippen LogP contribution < -0.4 is 9.73 Å². The van der Waals surface area contributed by atoms with Crippen molar-refractivity contribution in [2.75, 3.05) is 10.6 Å². The number of nitrogens with zero attached hydrogens (tertiary/aromatic N) is 2. The second kappa shape index (κ2) is 9.37. The van der Waals surface area contributed by atoms with Crippen molar-refractivity contribution in [3.63, 3.8) is 0 Å². The van der Waals surface area contributed by atoms with Crippen LogP contribution in [-0.4, -0.2) is 26.3 Å². The molecular formula is C23H23N3O3S. The molecule has 154 valence electrons. The number of amides is 1. The van der Waals surface area contributed by atoms with Gasteiger partial charge in [0.1, 0.15) is 0 Å². The van der Waals surface area contributed by atoms with Gasteiger partial charge in [-0.05, 0) is 42.3 Å². The number of sulfonamides is 1. The van der Waals surface area contributed by atoms with Crippen LogP contribution in [0.5, 0.6) is 0 Å². The molecule has 0 radical (unpaired) electrons. The fraction of sp³-hybridized carbons (Fsp3) is 0.130. The highest BCUT2D eigenvalue weighted by atomic mass is 32.2. The molecule has 0 aromatic heterocycles. The highest BCUT2D eigenvalue weighted by Gasteiger charge is 2.18. The Bertz CT molecular complexity index is 1130. The third-order valence-electron chi connectivity index (χ3n) is 4.50. The first-order valence-corrected chi connectivity index (χ1v) is 11.2. The van der Waals surface area contributed by atoms with Crippen molar-refractivity contribution in [1.82, 2.24) is 5.43 Å². The van der Waals surface area contributed by atoms with Gasteiger partial charge in [-0.1, -0.05) is 60.7 Å². The van der Waals surface area contributed by atoms with Crippen molar-refractivity contribution >= 4 is 27.3 Å². The van der Waals surface area contributed by atoms with E-state index in [0.29, 0.717) is 17.0 Å². The highest BCUT2D eigenvalue weighted by molar-refractivity contribution is 7.92. The van der Waals surface area contributed by atoms with Gasteiger partial charge in [-0.25, -0.2) is 13.8 Å². The molecule has 0 heterocycles. The molecule has 0 aliphatic rings. The minimum Gasteiger partial charge on any atom is -0.267 e. The minimum atomic E-state index is -3.49. The Morgan fingerprint density at radius 3 is 2.00 bits per heavy atom. The van der Waals surface area contributed by atoms with Crippen LogP contribution in [0.15, 0.2) is 90.0 Å². The molecule has 7 heteroatoms. The molecule has 30 heavy (non-hydrogen) atoms. The highest BCUT2D eigenvalue weighted by Crippen LogP contribution is 2.21. The maximum Gasteiger partial charge on any atom is 0.271 e. The zero-order chi connectivity index (χ0) is 21.6. The van der Waals surface area contributed by atoms with Crippen LogP contribution in [0.3, 0.4) is 0 Å². The lowest BCUT2D eigenvalue weighted by Crippen LogP contribution is -2.29. The standard InChI is InChI=1S/C23H23N3O3S/c1-18(20-11-7-4-8-12-20)24-25-23(27)21-13-15-22(16-14-21)26(30(2,28)29)17-19-9-5-3-6-10-19/h3-16H,17H2,1-2H3,(H,25,27). The predicted octanol–water partition coefficient (Wildman–Crippen LogP) is 3.81. The maximum atomic E-state index is 12.4. The Hall–Kier alpha value is -3.45. The number of rotatable bonds is 7. The zero-order valence-electron chi connectivity index (χ0n) is 16.8. The van der Waals surface area contributed by atoms with Gasteiger partial charge in [0.05, 0.1) is 24.2 Å². The summed E-state index contributed by atoms with van der Waals surface area (Å²) >= 11 is 0. The number of anilines is 1. The molecule has 0 bridgehead atoms. The van der Waals surface area contributed by atoms with E-state index in [1.165, 1.54) is 4.31 Å². The fourth-order valence-electron chi connectivity index (χ4n) is 2.87. The lowest BCUT2D eigenvalue weighted by molar-refractivity contribution is 0.0955. The van der Waals surface area contributed by atoms with Gasteiger partial charge in [-0.3, -0.25) is 9.10 Å². The molecule has 3 aromatic carbocycles. The van der Waals surface area contributed by atoms with E-state index in [1.807, 2.05) is 67.6 Å². The summed E-state index contributed by atoms with van der Waals surface area (Å²) in [7, 11) is -3.49. The van der Waals surface area contributed by atoms with Crippen molar-refractivity contribution in [1.29, 1.82) is 0 Å². The first kappa shape index (κ1) is 21.3. The van der Waals surface area contributed by atoms with E-state index in [4.69, 9.17) is 0 Å². The number of nitrogens with one attached hydrogen (secondary N) is 1. The second-order valence-corrected chi connectivity index (χ2v) is 8.71. The van der Waals surface area contributed by atoms with Crippen LogP contribution in [0.1, 0.15) is 28.4 Å². The molecule has 6 nitrogen and oxygen atoms in total. The fourth-order valence-corrected chi connectivity index (χ4v) is 3.76. The van der Waals surface area contributed by atoms with Crippen molar-refractivity contribution in [2.45, 2.75) is 13.5 Å². The van der Waals surface area contributed by atoms with Gasteiger partial charge in [-0.2, -0.15) is 5.10 Å². The summed E-state index contributed by atoms with van der Waals surface area (Å²) < 4.78 is 25.9. The van der Waals surface area contributed by atoms with E-state index >= 15 is 0 Å². The van der Waals surface area contributed by atoms with E-state index < -0.39 is 10.0 Å². The molecule has 0 unspecified atom stereocenters. The third-order valence-corrected chi connectivity index (χ3v) is 5.64. The third kappa shape index (κ3) is 5.55. The van der Waals surface area contributed by atoms with Gasteiger partial charge >= 0.3 is 0 Å². The minimum absolute atomic E-state index is 0.214. The summed E-state index contributed by atoms with van der Waals surface area (Å²) in [4.78, 5) is 12.4. The molecule has 1 amide bonds. The van der Waals surface area contributed by atoms with Crippen LogP contribution in [0.25, 0.3) is 0 Å². The Morgan fingerprint density at radius 2 is 1.43 bits per heavy atom. The number of hydrazone groups is 1. The number of hydrogen-bond donors (Lipinski definition) is 1. The maximum absolute atomic E-state index is 12.4. The summed E-state index contributed by atoms with van der Waals surface area (Å²) in [5, 5.41) is 4.13. The molecule has 3 rings (SSSR count). The Balaban J connectivity index is 1.74. The second-order valence-electron chi connectivity index (χ2n) is 6.81. The summed E-state index contributed by atoms with van der Waals surface area (Å²) in [5.41, 5.74) is 5.88. The normalized spacial score (nSPS) is 11.7. The number of benzene rings is 3.